The minimum Gasteiger partial charge on any atom is -0.382 e. The van der Waals surface area contributed by atoms with Crippen LogP contribution in [0.15, 0.2) is 18.2 Å². The smallest absolute Gasteiger partial charge is 0.0612 e. The van der Waals surface area contributed by atoms with Crippen molar-refractivity contribution in [2.24, 2.45) is 5.92 Å². The van der Waals surface area contributed by atoms with Crippen LogP contribution in [0.3, 0.4) is 0 Å². The SMILES string of the molecule is CCCN1CCC(C(C)Nc2ccc(Cl)c(Cl)c2)CC1. The second-order valence-corrected chi connectivity index (χ2v) is 6.56. The number of halogens is 2. The highest BCUT2D eigenvalue weighted by molar-refractivity contribution is 6.42. The maximum absolute atomic E-state index is 6.06. The van der Waals surface area contributed by atoms with Crippen molar-refractivity contribution in [2.75, 3.05) is 25.0 Å². The van der Waals surface area contributed by atoms with Crippen molar-refractivity contribution in [1.29, 1.82) is 0 Å². The van der Waals surface area contributed by atoms with Gasteiger partial charge in [0.15, 0.2) is 0 Å². The van der Waals surface area contributed by atoms with E-state index in [1.165, 1.54) is 38.9 Å². The summed E-state index contributed by atoms with van der Waals surface area (Å²) in [5.41, 5.74) is 1.06. The number of nitrogens with zero attached hydrogens (tertiary/aromatic N) is 1. The van der Waals surface area contributed by atoms with E-state index in [0.29, 0.717) is 16.1 Å². The number of rotatable bonds is 5. The summed E-state index contributed by atoms with van der Waals surface area (Å²) in [6.07, 6.45) is 3.80. The number of benzene rings is 1. The Kier molecular flexibility index (Phi) is 6.01. The molecule has 1 fully saturated rings. The number of likely N-dealkylation sites (tertiary alicyclic amines) is 1. The first-order chi connectivity index (χ1) is 9.60. The molecule has 0 radical (unpaired) electrons. The summed E-state index contributed by atoms with van der Waals surface area (Å²) in [6.45, 7) is 8.21. The fourth-order valence-corrected chi connectivity index (χ4v) is 3.26. The molecular weight excluding hydrogens is 291 g/mol. The van der Waals surface area contributed by atoms with Crippen molar-refractivity contribution in [1.82, 2.24) is 4.90 Å². The van der Waals surface area contributed by atoms with Crippen molar-refractivity contribution >= 4 is 28.9 Å². The third kappa shape index (κ3) is 4.28. The van der Waals surface area contributed by atoms with E-state index < -0.39 is 0 Å². The second-order valence-electron chi connectivity index (χ2n) is 5.74. The molecule has 0 bridgehead atoms. The Morgan fingerprint density at radius 1 is 1.25 bits per heavy atom. The standard InChI is InChI=1S/C16H24Cl2N2/c1-3-8-20-9-6-13(7-10-20)12(2)19-14-4-5-15(17)16(18)11-14/h4-5,11-13,19H,3,6-10H2,1-2H3. The zero-order valence-corrected chi connectivity index (χ0v) is 13.8. The molecule has 1 heterocycles. The summed E-state index contributed by atoms with van der Waals surface area (Å²) >= 11 is 12.0. The Morgan fingerprint density at radius 2 is 1.95 bits per heavy atom. The summed E-state index contributed by atoms with van der Waals surface area (Å²) < 4.78 is 0. The Hall–Kier alpha value is -0.440. The van der Waals surface area contributed by atoms with Crippen LogP contribution in [0, 0.1) is 5.92 Å². The zero-order valence-electron chi connectivity index (χ0n) is 12.3. The first-order valence-electron chi connectivity index (χ1n) is 7.54. The highest BCUT2D eigenvalue weighted by Crippen LogP contribution is 2.28. The topological polar surface area (TPSA) is 15.3 Å². The summed E-state index contributed by atoms with van der Waals surface area (Å²) in [5.74, 6) is 0.734. The van der Waals surface area contributed by atoms with Gasteiger partial charge in [-0.1, -0.05) is 30.1 Å². The van der Waals surface area contributed by atoms with Gasteiger partial charge in [0, 0.05) is 11.7 Å². The Bertz CT molecular complexity index is 428. The van der Waals surface area contributed by atoms with Crippen LogP contribution >= 0.6 is 23.2 Å². The largest absolute Gasteiger partial charge is 0.382 e. The van der Waals surface area contributed by atoms with Crippen LogP contribution in [0.1, 0.15) is 33.1 Å². The predicted octanol–water partition coefficient (Wildman–Crippen LogP) is 4.92. The second kappa shape index (κ2) is 7.53. The van der Waals surface area contributed by atoms with Crippen LogP contribution in [0.2, 0.25) is 10.0 Å². The van der Waals surface area contributed by atoms with Gasteiger partial charge in [0.05, 0.1) is 10.0 Å². The van der Waals surface area contributed by atoms with E-state index in [1.807, 2.05) is 18.2 Å². The fraction of sp³-hybridized carbons (Fsp3) is 0.625. The van der Waals surface area contributed by atoms with E-state index >= 15 is 0 Å². The van der Waals surface area contributed by atoms with Crippen molar-refractivity contribution in [3.8, 4) is 0 Å². The molecule has 20 heavy (non-hydrogen) atoms. The van der Waals surface area contributed by atoms with Crippen LogP contribution in [0.25, 0.3) is 0 Å². The molecule has 1 aliphatic rings. The Labute approximate surface area is 132 Å². The van der Waals surface area contributed by atoms with Crippen molar-refractivity contribution in [3.05, 3.63) is 28.2 Å². The quantitative estimate of drug-likeness (QED) is 0.830. The maximum atomic E-state index is 6.06. The molecule has 0 aliphatic carbocycles. The van der Waals surface area contributed by atoms with Gasteiger partial charge in [-0.2, -0.15) is 0 Å². The maximum Gasteiger partial charge on any atom is 0.0612 e. The number of hydrogen-bond acceptors (Lipinski definition) is 2. The summed E-state index contributed by atoms with van der Waals surface area (Å²) in [4.78, 5) is 2.57. The molecule has 1 atom stereocenters. The van der Waals surface area contributed by atoms with Gasteiger partial charge in [0.25, 0.3) is 0 Å². The third-order valence-electron chi connectivity index (χ3n) is 4.19. The lowest BCUT2D eigenvalue weighted by atomic mass is 9.90. The van der Waals surface area contributed by atoms with Crippen LogP contribution in [0.5, 0.6) is 0 Å². The minimum absolute atomic E-state index is 0.469. The normalized spacial score (nSPS) is 19.0. The van der Waals surface area contributed by atoms with Gasteiger partial charge < -0.3 is 10.2 Å². The van der Waals surface area contributed by atoms with Crippen LogP contribution in [-0.2, 0) is 0 Å². The number of anilines is 1. The molecule has 0 spiro atoms. The first kappa shape index (κ1) is 15.9. The molecule has 0 saturated carbocycles. The third-order valence-corrected chi connectivity index (χ3v) is 4.93. The lowest BCUT2D eigenvalue weighted by molar-refractivity contribution is 0.176. The van der Waals surface area contributed by atoms with Crippen molar-refractivity contribution in [2.45, 2.75) is 39.2 Å². The number of hydrogen-bond donors (Lipinski definition) is 1. The lowest BCUT2D eigenvalue weighted by Crippen LogP contribution is -2.39. The minimum atomic E-state index is 0.469. The van der Waals surface area contributed by atoms with Gasteiger partial charge in [0.1, 0.15) is 0 Å². The fourth-order valence-electron chi connectivity index (χ4n) is 2.96. The van der Waals surface area contributed by atoms with Crippen LogP contribution in [-0.4, -0.2) is 30.6 Å². The lowest BCUT2D eigenvalue weighted by Gasteiger charge is -2.35. The van der Waals surface area contributed by atoms with Gasteiger partial charge >= 0.3 is 0 Å². The summed E-state index contributed by atoms with van der Waals surface area (Å²) in [5, 5.41) is 4.79. The summed E-state index contributed by atoms with van der Waals surface area (Å²) in [7, 11) is 0. The highest BCUT2D eigenvalue weighted by Gasteiger charge is 2.23. The number of piperidine rings is 1. The van der Waals surface area contributed by atoms with Gasteiger partial charge in [-0.25, -0.2) is 0 Å². The van der Waals surface area contributed by atoms with Crippen LogP contribution in [0.4, 0.5) is 5.69 Å². The molecule has 1 aliphatic heterocycles. The molecule has 1 N–H and O–H groups in total. The van der Waals surface area contributed by atoms with E-state index in [-0.39, 0.29) is 0 Å². The predicted molar refractivity (Wildman–Crippen MR) is 89.0 cm³/mol. The van der Waals surface area contributed by atoms with E-state index in [2.05, 4.69) is 24.1 Å². The molecule has 1 saturated heterocycles. The first-order valence-corrected chi connectivity index (χ1v) is 8.29. The molecule has 1 aromatic rings. The van der Waals surface area contributed by atoms with Gasteiger partial charge in [-0.3, -0.25) is 0 Å². The molecular formula is C16H24Cl2N2. The van der Waals surface area contributed by atoms with E-state index in [4.69, 9.17) is 23.2 Å². The van der Waals surface area contributed by atoms with Gasteiger partial charge in [-0.15, -0.1) is 0 Å². The Balaban J connectivity index is 1.86. The monoisotopic (exact) mass is 314 g/mol. The van der Waals surface area contributed by atoms with Gasteiger partial charge in [-0.05, 0) is 69.9 Å². The molecule has 4 heteroatoms. The van der Waals surface area contributed by atoms with Crippen LogP contribution < -0.4 is 5.32 Å². The molecule has 2 nitrogen and oxygen atoms in total. The molecule has 1 aromatic carbocycles. The van der Waals surface area contributed by atoms with Crippen molar-refractivity contribution < 1.29 is 0 Å². The highest BCUT2D eigenvalue weighted by atomic mass is 35.5. The number of nitrogens with one attached hydrogen (secondary N) is 1. The molecule has 112 valence electrons. The van der Waals surface area contributed by atoms with Gasteiger partial charge in [0.2, 0.25) is 0 Å². The van der Waals surface area contributed by atoms with E-state index in [1.54, 1.807) is 0 Å². The Morgan fingerprint density at radius 3 is 2.55 bits per heavy atom. The molecule has 1 unspecified atom stereocenters. The van der Waals surface area contributed by atoms with E-state index in [0.717, 1.165) is 11.6 Å². The average Bonchev–Trinajstić information content (AvgIpc) is 2.44. The zero-order chi connectivity index (χ0) is 14.5. The molecule has 0 amide bonds. The average molecular weight is 315 g/mol. The summed E-state index contributed by atoms with van der Waals surface area (Å²) in [6, 6.07) is 6.22. The molecule has 2 rings (SSSR count). The van der Waals surface area contributed by atoms with Crippen molar-refractivity contribution in [3.63, 3.8) is 0 Å². The van der Waals surface area contributed by atoms with E-state index in [9.17, 15) is 0 Å². The molecule has 0 aromatic heterocycles.